The van der Waals surface area contributed by atoms with Gasteiger partial charge in [-0.3, -0.25) is 9.36 Å². The maximum absolute atomic E-state index is 11.0. The van der Waals surface area contributed by atoms with E-state index in [9.17, 15) is 4.79 Å². The van der Waals surface area contributed by atoms with Crippen molar-refractivity contribution in [1.29, 1.82) is 0 Å². The second-order valence-corrected chi connectivity index (χ2v) is 4.69. The Bertz CT molecular complexity index is 551. The fraction of sp³-hybridized carbons (Fsp3) is 0.231. The smallest absolute Gasteiger partial charge is 0.312 e. The second kappa shape index (κ2) is 5.27. The average Bonchev–Trinajstić information content (AvgIpc) is 2.82. The van der Waals surface area contributed by atoms with Gasteiger partial charge >= 0.3 is 5.97 Å². The van der Waals surface area contributed by atoms with Crippen molar-refractivity contribution in [3.05, 3.63) is 42.2 Å². The molecule has 0 aliphatic carbocycles. The number of hydrogen-bond acceptors (Lipinski definition) is 3. The van der Waals surface area contributed by atoms with Gasteiger partial charge in [-0.1, -0.05) is 30.0 Å². The van der Waals surface area contributed by atoms with Gasteiger partial charge in [0.15, 0.2) is 5.16 Å². The fourth-order valence-electron chi connectivity index (χ4n) is 1.63. The average molecular weight is 262 g/mol. The molecule has 0 saturated heterocycles. The number of benzene rings is 1. The Labute approximate surface area is 110 Å². The Morgan fingerprint density at radius 2 is 2.06 bits per heavy atom. The molecule has 18 heavy (non-hydrogen) atoms. The van der Waals surface area contributed by atoms with Crippen molar-refractivity contribution in [2.45, 2.75) is 18.0 Å². The highest BCUT2D eigenvalue weighted by atomic mass is 32.2. The molecule has 0 aliphatic rings. The van der Waals surface area contributed by atoms with Crippen LogP contribution in [0, 0.1) is 0 Å². The number of para-hydroxylation sites is 1. The first kappa shape index (κ1) is 12.7. The van der Waals surface area contributed by atoms with Crippen LogP contribution in [0.5, 0.6) is 0 Å². The predicted octanol–water partition coefficient (Wildman–Crippen LogP) is 2.78. The van der Waals surface area contributed by atoms with Crippen molar-refractivity contribution in [2.24, 2.45) is 0 Å². The molecule has 1 unspecified atom stereocenters. The number of nitrogens with zero attached hydrogens (tertiary/aromatic N) is 2. The number of carboxylic acid groups (broad SMARTS) is 1. The summed E-state index contributed by atoms with van der Waals surface area (Å²) < 4.78 is 1.92. The Kier molecular flexibility index (Phi) is 3.72. The fourth-order valence-corrected chi connectivity index (χ4v) is 2.18. The highest BCUT2D eigenvalue weighted by Crippen LogP contribution is 2.23. The minimum absolute atomic E-state index is 0.579. The topological polar surface area (TPSA) is 55.1 Å². The molecule has 0 amide bonds. The third kappa shape index (κ3) is 2.41. The molecule has 4 nitrogen and oxygen atoms in total. The molecule has 2 aromatic rings. The van der Waals surface area contributed by atoms with Crippen LogP contribution < -0.4 is 0 Å². The molecular formula is C13H14N2O2S. The van der Waals surface area contributed by atoms with E-state index in [-0.39, 0.29) is 0 Å². The zero-order valence-corrected chi connectivity index (χ0v) is 11.0. The van der Waals surface area contributed by atoms with Crippen LogP contribution in [0.4, 0.5) is 0 Å². The molecular weight excluding hydrogens is 248 g/mol. The molecule has 5 heteroatoms. The van der Waals surface area contributed by atoms with Gasteiger partial charge in [0.25, 0.3) is 0 Å². The zero-order valence-electron chi connectivity index (χ0n) is 10.2. The maximum atomic E-state index is 11.0. The van der Waals surface area contributed by atoms with Gasteiger partial charge in [-0.25, -0.2) is 4.98 Å². The third-order valence-electron chi connectivity index (χ3n) is 2.72. The standard InChI is InChI=1S/C13H14N2O2S/c1-9(12(16)17)11-8-15(13(14-11)18-2)10-6-4-3-5-7-10/h3-9H,1-2H3,(H,16,17). The lowest BCUT2D eigenvalue weighted by Gasteiger charge is -2.04. The van der Waals surface area contributed by atoms with E-state index in [0.29, 0.717) is 5.69 Å². The van der Waals surface area contributed by atoms with E-state index < -0.39 is 11.9 Å². The summed E-state index contributed by atoms with van der Waals surface area (Å²) in [5, 5.41) is 9.82. The van der Waals surface area contributed by atoms with E-state index >= 15 is 0 Å². The van der Waals surface area contributed by atoms with Gasteiger partial charge in [-0.05, 0) is 25.3 Å². The van der Waals surface area contributed by atoms with Gasteiger partial charge in [0.1, 0.15) is 0 Å². The molecule has 0 radical (unpaired) electrons. The highest BCUT2D eigenvalue weighted by Gasteiger charge is 2.19. The summed E-state index contributed by atoms with van der Waals surface area (Å²) in [6, 6.07) is 9.77. The molecule has 0 spiro atoms. The molecule has 1 aromatic carbocycles. The molecule has 1 aromatic heterocycles. The van der Waals surface area contributed by atoms with Crippen LogP contribution in [0.2, 0.25) is 0 Å². The summed E-state index contributed by atoms with van der Waals surface area (Å²) in [5.74, 6) is -1.46. The van der Waals surface area contributed by atoms with E-state index in [1.165, 1.54) is 11.8 Å². The molecule has 0 bridgehead atoms. The van der Waals surface area contributed by atoms with E-state index in [1.807, 2.05) is 41.2 Å². The van der Waals surface area contributed by atoms with Crippen LogP contribution in [0.15, 0.2) is 41.7 Å². The molecule has 94 valence electrons. The van der Waals surface area contributed by atoms with Gasteiger partial charge in [-0.15, -0.1) is 0 Å². The van der Waals surface area contributed by atoms with Crippen molar-refractivity contribution in [3.63, 3.8) is 0 Å². The first-order valence-corrected chi connectivity index (χ1v) is 6.77. The monoisotopic (exact) mass is 262 g/mol. The van der Waals surface area contributed by atoms with Crippen molar-refractivity contribution in [1.82, 2.24) is 9.55 Å². The van der Waals surface area contributed by atoms with Crippen LogP contribution in [0.25, 0.3) is 5.69 Å². The van der Waals surface area contributed by atoms with Crippen LogP contribution in [0.1, 0.15) is 18.5 Å². The molecule has 1 N–H and O–H groups in total. The summed E-state index contributed by atoms with van der Waals surface area (Å²) in [6.45, 7) is 1.64. The van der Waals surface area contributed by atoms with Gasteiger partial charge in [-0.2, -0.15) is 0 Å². The van der Waals surface area contributed by atoms with E-state index in [2.05, 4.69) is 4.98 Å². The number of carboxylic acids is 1. The lowest BCUT2D eigenvalue weighted by molar-refractivity contribution is -0.138. The summed E-state index contributed by atoms with van der Waals surface area (Å²) in [6.07, 6.45) is 3.72. The van der Waals surface area contributed by atoms with Gasteiger partial charge in [0, 0.05) is 11.9 Å². The van der Waals surface area contributed by atoms with Crippen molar-refractivity contribution >= 4 is 17.7 Å². The minimum Gasteiger partial charge on any atom is -0.481 e. The quantitative estimate of drug-likeness (QED) is 0.861. The summed E-state index contributed by atoms with van der Waals surface area (Å²) in [5.41, 5.74) is 1.56. The Balaban J connectivity index is 2.45. The van der Waals surface area contributed by atoms with E-state index in [0.717, 1.165) is 10.8 Å². The largest absolute Gasteiger partial charge is 0.481 e. The summed E-state index contributed by atoms with van der Waals surface area (Å²) >= 11 is 1.50. The van der Waals surface area contributed by atoms with Gasteiger partial charge in [0.05, 0.1) is 11.6 Å². The Morgan fingerprint density at radius 1 is 1.39 bits per heavy atom. The van der Waals surface area contributed by atoms with Gasteiger partial charge in [0.2, 0.25) is 0 Å². The maximum Gasteiger partial charge on any atom is 0.312 e. The highest BCUT2D eigenvalue weighted by molar-refractivity contribution is 7.98. The lowest BCUT2D eigenvalue weighted by atomic mass is 10.1. The number of rotatable bonds is 4. The molecule has 1 atom stereocenters. The Hall–Kier alpha value is -1.75. The first-order chi connectivity index (χ1) is 8.63. The minimum atomic E-state index is -0.861. The molecule has 0 aliphatic heterocycles. The van der Waals surface area contributed by atoms with Crippen LogP contribution in [0.3, 0.4) is 0 Å². The Morgan fingerprint density at radius 3 is 2.61 bits per heavy atom. The number of hydrogen-bond donors (Lipinski definition) is 1. The van der Waals surface area contributed by atoms with E-state index in [4.69, 9.17) is 5.11 Å². The number of aliphatic carboxylic acids is 1. The molecule has 0 fully saturated rings. The number of imidazole rings is 1. The van der Waals surface area contributed by atoms with E-state index in [1.54, 1.807) is 13.1 Å². The normalized spacial score (nSPS) is 12.3. The van der Waals surface area contributed by atoms with Gasteiger partial charge < -0.3 is 5.11 Å². The zero-order chi connectivity index (χ0) is 13.1. The molecule has 2 rings (SSSR count). The molecule has 0 saturated carbocycles. The summed E-state index contributed by atoms with van der Waals surface area (Å²) in [7, 11) is 0. The summed E-state index contributed by atoms with van der Waals surface area (Å²) in [4.78, 5) is 15.4. The number of aromatic nitrogens is 2. The number of thioether (sulfide) groups is 1. The van der Waals surface area contributed by atoms with Crippen LogP contribution >= 0.6 is 11.8 Å². The first-order valence-electron chi connectivity index (χ1n) is 5.55. The molecule has 1 heterocycles. The predicted molar refractivity (Wildman–Crippen MR) is 71.4 cm³/mol. The van der Waals surface area contributed by atoms with Crippen LogP contribution in [-0.2, 0) is 4.79 Å². The second-order valence-electron chi connectivity index (χ2n) is 3.92. The van der Waals surface area contributed by atoms with Crippen molar-refractivity contribution < 1.29 is 9.90 Å². The van der Waals surface area contributed by atoms with Crippen molar-refractivity contribution in [3.8, 4) is 5.69 Å². The van der Waals surface area contributed by atoms with Crippen LogP contribution in [-0.4, -0.2) is 26.9 Å². The lowest BCUT2D eigenvalue weighted by Crippen LogP contribution is -2.07. The SMILES string of the molecule is CSc1nc(C(C)C(=O)O)cn1-c1ccccc1. The van der Waals surface area contributed by atoms with Crippen molar-refractivity contribution in [2.75, 3.05) is 6.26 Å². The third-order valence-corrected chi connectivity index (χ3v) is 3.38. The number of carbonyl (C=O) groups is 1.